The number of hydrogen-bond donors (Lipinski definition) is 1. The van der Waals surface area contributed by atoms with Crippen molar-refractivity contribution in [3.8, 4) is 17.5 Å². The molecule has 0 atom stereocenters. The lowest BCUT2D eigenvalue weighted by Crippen LogP contribution is -2.15. The molecule has 84 valence electrons. The average molecular weight is 225 g/mol. The molecule has 1 aliphatic carbocycles. The molecule has 1 aromatic heterocycles. The summed E-state index contributed by atoms with van der Waals surface area (Å²) >= 11 is 0. The lowest BCUT2D eigenvalue weighted by Gasteiger charge is -1.98. The molecule has 1 aliphatic rings. The van der Waals surface area contributed by atoms with E-state index in [1.807, 2.05) is 24.3 Å². The molecule has 0 amide bonds. The lowest BCUT2D eigenvalue weighted by molar-refractivity contribution is 0.843. The van der Waals surface area contributed by atoms with Crippen molar-refractivity contribution < 1.29 is 0 Å². The van der Waals surface area contributed by atoms with E-state index < -0.39 is 0 Å². The van der Waals surface area contributed by atoms with Crippen molar-refractivity contribution in [2.24, 2.45) is 5.92 Å². The van der Waals surface area contributed by atoms with Gasteiger partial charge in [0, 0.05) is 11.5 Å². The summed E-state index contributed by atoms with van der Waals surface area (Å²) in [7, 11) is 0. The van der Waals surface area contributed by atoms with Crippen LogP contribution < -0.4 is 5.69 Å². The number of nitrogens with zero attached hydrogens (tertiary/aromatic N) is 2. The topological polar surface area (TPSA) is 50.7 Å². The van der Waals surface area contributed by atoms with E-state index in [-0.39, 0.29) is 5.69 Å². The molecule has 1 aromatic carbocycles. The van der Waals surface area contributed by atoms with Gasteiger partial charge in [0.2, 0.25) is 0 Å². The summed E-state index contributed by atoms with van der Waals surface area (Å²) in [5.74, 6) is 6.93. The van der Waals surface area contributed by atoms with E-state index in [9.17, 15) is 4.79 Å². The fourth-order valence-electron chi connectivity index (χ4n) is 1.54. The first kappa shape index (κ1) is 9.91. The average Bonchev–Trinajstić information content (AvgIpc) is 3.09. The van der Waals surface area contributed by atoms with Crippen molar-refractivity contribution in [1.29, 1.82) is 0 Å². The van der Waals surface area contributed by atoms with Crippen molar-refractivity contribution >= 4 is 0 Å². The minimum Gasteiger partial charge on any atom is -0.295 e. The van der Waals surface area contributed by atoms with Crippen molar-refractivity contribution in [2.75, 3.05) is 0 Å². The molecule has 2 aromatic rings. The highest BCUT2D eigenvalue weighted by atomic mass is 16.1. The van der Waals surface area contributed by atoms with Crippen molar-refractivity contribution in [3.63, 3.8) is 0 Å². The summed E-state index contributed by atoms with van der Waals surface area (Å²) in [6.45, 7) is 0. The first-order valence-corrected chi connectivity index (χ1v) is 5.57. The summed E-state index contributed by atoms with van der Waals surface area (Å²) in [4.78, 5) is 13.8. The second kappa shape index (κ2) is 3.95. The molecule has 1 heterocycles. The molecule has 3 rings (SSSR count). The Bertz CT molecular complexity index is 636. The van der Waals surface area contributed by atoms with Crippen LogP contribution in [0.3, 0.4) is 0 Å². The molecule has 0 bridgehead atoms. The van der Waals surface area contributed by atoms with Crippen LogP contribution in [0.1, 0.15) is 18.4 Å². The summed E-state index contributed by atoms with van der Waals surface area (Å²) in [5.41, 5.74) is 1.49. The number of nitrogens with one attached hydrogen (secondary N) is 1. The van der Waals surface area contributed by atoms with Gasteiger partial charge in [0.15, 0.2) is 0 Å². The number of benzene rings is 1. The van der Waals surface area contributed by atoms with Gasteiger partial charge in [-0.1, -0.05) is 11.8 Å². The van der Waals surface area contributed by atoms with Crippen LogP contribution in [0.2, 0.25) is 0 Å². The van der Waals surface area contributed by atoms with E-state index in [2.05, 4.69) is 21.9 Å². The summed E-state index contributed by atoms with van der Waals surface area (Å²) in [6, 6.07) is 7.51. The van der Waals surface area contributed by atoms with Gasteiger partial charge in [0.25, 0.3) is 0 Å². The molecule has 4 nitrogen and oxygen atoms in total. The van der Waals surface area contributed by atoms with Crippen molar-refractivity contribution in [3.05, 3.63) is 46.6 Å². The van der Waals surface area contributed by atoms with Gasteiger partial charge in [-0.25, -0.2) is 4.79 Å². The quantitative estimate of drug-likeness (QED) is 0.744. The van der Waals surface area contributed by atoms with Crippen LogP contribution in [0.5, 0.6) is 0 Å². The Morgan fingerprint density at radius 2 is 2.06 bits per heavy atom. The van der Waals surface area contributed by atoms with Gasteiger partial charge in [-0.2, -0.15) is 9.78 Å². The predicted molar refractivity (Wildman–Crippen MR) is 63.8 cm³/mol. The second-order valence-corrected chi connectivity index (χ2v) is 4.10. The molecule has 0 aliphatic heterocycles. The van der Waals surface area contributed by atoms with Crippen molar-refractivity contribution in [1.82, 2.24) is 14.8 Å². The second-order valence-electron chi connectivity index (χ2n) is 4.10. The number of hydrogen-bond acceptors (Lipinski definition) is 2. The third kappa shape index (κ3) is 2.13. The van der Waals surface area contributed by atoms with Gasteiger partial charge < -0.3 is 0 Å². The fraction of sp³-hybridized carbons (Fsp3) is 0.231. The van der Waals surface area contributed by atoms with E-state index in [1.165, 1.54) is 23.9 Å². The van der Waals surface area contributed by atoms with E-state index >= 15 is 0 Å². The zero-order chi connectivity index (χ0) is 11.7. The van der Waals surface area contributed by atoms with Gasteiger partial charge in [-0.3, -0.25) is 4.98 Å². The zero-order valence-corrected chi connectivity index (χ0v) is 9.18. The minimum atomic E-state index is -0.234. The van der Waals surface area contributed by atoms with Crippen molar-refractivity contribution in [2.45, 2.75) is 12.8 Å². The standard InChI is InChI=1S/C13H11N3O/c17-13-14-9-15-16(13)12-7-5-11(6-8-12)4-3-10-1-2-10/h5-10H,1-2H2,(H,14,15,17). The smallest absolute Gasteiger partial charge is 0.295 e. The maximum absolute atomic E-state index is 11.3. The van der Waals surface area contributed by atoms with Crippen LogP contribution in [0.25, 0.3) is 5.69 Å². The molecular weight excluding hydrogens is 214 g/mol. The number of aromatic amines is 1. The van der Waals surface area contributed by atoms with E-state index in [0.717, 1.165) is 11.3 Å². The van der Waals surface area contributed by atoms with Crippen LogP contribution >= 0.6 is 0 Å². The summed E-state index contributed by atoms with van der Waals surface area (Å²) in [5, 5.41) is 3.91. The van der Waals surface area contributed by atoms with E-state index in [1.54, 1.807) is 0 Å². The Morgan fingerprint density at radius 1 is 1.29 bits per heavy atom. The third-order valence-electron chi connectivity index (χ3n) is 2.66. The first-order chi connectivity index (χ1) is 8.33. The lowest BCUT2D eigenvalue weighted by atomic mass is 10.2. The maximum atomic E-state index is 11.3. The van der Waals surface area contributed by atoms with Gasteiger partial charge in [0.05, 0.1) is 5.69 Å². The normalized spacial score (nSPS) is 14.1. The molecule has 0 radical (unpaired) electrons. The molecule has 4 heteroatoms. The van der Waals surface area contributed by atoms with Gasteiger partial charge >= 0.3 is 5.69 Å². The largest absolute Gasteiger partial charge is 0.347 e. The molecule has 0 unspecified atom stereocenters. The predicted octanol–water partition coefficient (Wildman–Crippen LogP) is 1.32. The number of aromatic nitrogens is 3. The van der Waals surface area contributed by atoms with Crippen LogP contribution in [-0.2, 0) is 0 Å². The highest BCUT2D eigenvalue weighted by molar-refractivity contribution is 5.41. The SMILES string of the molecule is O=c1[nH]cnn1-c1ccc(C#CC2CC2)cc1. The molecule has 0 spiro atoms. The Hall–Kier alpha value is -2.28. The highest BCUT2D eigenvalue weighted by Crippen LogP contribution is 2.27. The van der Waals surface area contributed by atoms with E-state index in [4.69, 9.17) is 0 Å². The highest BCUT2D eigenvalue weighted by Gasteiger charge is 2.17. The Balaban J connectivity index is 1.88. The molecular formula is C13H11N3O. The molecule has 0 saturated heterocycles. The Morgan fingerprint density at radius 3 is 2.65 bits per heavy atom. The fourth-order valence-corrected chi connectivity index (χ4v) is 1.54. The maximum Gasteiger partial charge on any atom is 0.347 e. The molecule has 17 heavy (non-hydrogen) atoms. The molecule has 1 N–H and O–H groups in total. The van der Waals surface area contributed by atoms with Gasteiger partial charge in [-0.15, -0.1) is 0 Å². The monoisotopic (exact) mass is 225 g/mol. The third-order valence-corrected chi connectivity index (χ3v) is 2.66. The van der Waals surface area contributed by atoms with Crippen LogP contribution in [0.15, 0.2) is 35.4 Å². The molecule has 1 fully saturated rings. The summed E-state index contributed by atoms with van der Waals surface area (Å²) in [6.07, 6.45) is 3.84. The summed E-state index contributed by atoms with van der Waals surface area (Å²) < 4.78 is 1.32. The zero-order valence-electron chi connectivity index (χ0n) is 9.18. The Labute approximate surface area is 98.3 Å². The van der Waals surface area contributed by atoms with Gasteiger partial charge in [0.1, 0.15) is 6.33 Å². The van der Waals surface area contributed by atoms with E-state index in [0.29, 0.717) is 5.92 Å². The van der Waals surface area contributed by atoms with Crippen LogP contribution in [0.4, 0.5) is 0 Å². The van der Waals surface area contributed by atoms with Crippen LogP contribution in [0, 0.1) is 17.8 Å². The molecule has 1 saturated carbocycles. The van der Waals surface area contributed by atoms with Gasteiger partial charge in [-0.05, 0) is 37.1 Å². The minimum absolute atomic E-state index is 0.234. The number of H-pyrrole nitrogens is 1. The first-order valence-electron chi connectivity index (χ1n) is 5.57. The Kier molecular flexibility index (Phi) is 2.30. The number of rotatable bonds is 1. The van der Waals surface area contributed by atoms with Crippen LogP contribution in [-0.4, -0.2) is 14.8 Å².